The number of aliphatic imine (C=N–C) groups is 1. The summed E-state index contributed by atoms with van der Waals surface area (Å²) in [6.07, 6.45) is 8.61. The van der Waals surface area contributed by atoms with Crippen LogP contribution in [0, 0.1) is 17.7 Å². The van der Waals surface area contributed by atoms with Crippen molar-refractivity contribution in [3.8, 4) is 34.0 Å². The fraction of sp³-hybridized carbons (Fsp3) is 0.417. The number of aromatic amines is 1. The molecule has 2 saturated heterocycles. The summed E-state index contributed by atoms with van der Waals surface area (Å²) >= 11 is 0. The molecule has 6 heterocycles. The molecule has 6 N–H and O–H groups in total. The Labute approximate surface area is 355 Å². The van der Waals surface area contributed by atoms with E-state index in [0.717, 1.165) is 77.8 Å². The number of ether oxygens (including phenoxy) is 1. The average Bonchev–Trinajstić information content (AvgIpc) is 4.07. The molecule has 2 aromatic heterocycles. The normalized spacial score (nSPS) is 21.2. The SMILES string of the molecule is CC(C)[C@H](N)C(=O)N1CCC[C@H]1C1=NC=C(c2cc(F)c3c(c2)OC(c2cccc(O)c2)n2c-3cc3cc(-c4cnc([C@@H]5CCCN5C(=O)[C@@H](N)C(C)C)[nH]4)ccc32)CCC1. The van der Waals surface area contributed by atoms with Gasteiger partial charge in [-0.1, -0.05) is 45.9 Å². The lowest BCUT2D eigenvalue weighted by Gasteiger charge is -2.31. The van der Waals surface area contributed by atoms with Gasteiger partial charge in [-0.05, 0) is 110 Å². The van der Waals surface area contributed by atoms with Crippen molar-refractivity contribution in [3.63, 3.8) is 0 Å². The summed E-state index contributed by atoms with van der Waals surface area (Å²) in [5, 5.41) is 11.4. The van der Waals surface area contributed by atoms with Gasteiger partial charge < -0.3 is 40.7 Å². The highest BCUT2D eigenvalue weighted by Crippen LogP contribution is 2.47. The molecule has 61 heavy (non-hydrogen) atoms. The number of imidazole rings is 1. The van der Waals surface area contributed by atoms with E-state index in [9.17, 15) is 14.7 Å². The molecule has 4 aliphatic rings. The van der Waals surface area contributed by atoms with Crippen LogP contribution in [0.4, 0.5) is 4.39 Å². The van der Waals surface area contributed by atoms with Crippen LogP contribution in [0.2, 0.25) is 0 Å². The largest absolute Gasteiger partial charge is 0.508 e. The van der Waals surface area contributed by atoms with Crippen molar-refractivity contribution >= 4 is 34.0 Å². The van der Waals surface area contributed by atoms with Gasteiger partial charge in [0.15, 0.2) is 0 Å². The third-order valence-electron chi connectivity index (χ3n) is 13.1. The first-order chi connectivity index (χ1) is 29.4. The highest BCUT2D eigenvalue weighted by atomic mass is 19.1. The summed E-state index contributed by atoms with van der Waals surface area (Å²) in [6.45, 7) is 9.17. The topological polar surface area (TPSA) is 168 Å². The lowest BCUT2D eigenvalue weighted by molar-refractivity contribution is -0.135. The minimum Gasteiger partial charge on any atom is -0.508 e. The molecule has 5 aromatic rings. The summed E-state index contributed by atoms with van der Waals surface area (Å²) in [4.78, 5) is 43.5. The van der Waals surface area contributed by atoms with Gasteiger partial charge >= 0.3 is 0 Å². The van der Waals surface area contributed by atoms with Crippen LogP contribution < -0.4 is 16.2 Å². The Morgan fingerprint density at radius 1 is 0.869 bits per heavy atom. The Hall–Kier alpha value is -5.79. The Morgan fingerprint density at radius 3 is 2.31 bits per heavy atom. The van der Waals surface area contributed by atoms with Crippen molar-refractivity contribution < 1.29 is 23.8 Å². The standard InChI is InChI=1S/C48H55FN8O4/c1-26(2)43(50)46(59)55-17-7-13-38(55)35-12-6-10-30(24-52-35)31-21-34(49)42-40-22-32-19-28(36-25-53-45(54-36)39-14-8-18-56(39)47(60)44(51)27(3)4)15-16-37(32)57(40)48(61-41(42)23-31)29-9-5-11-33(58)20-29/h5,9,11,15-16,19-27,38-39,43-44,48,58H,6-8,10,12-14,17-18,50-51H2,1-4H3,(H,53,54)/t38-,39-,43-,44-,48?/m0/s1. The number of rotatable bonds is 9. The second-order valence-corrected chi connectivity index (χ2v) is 17.8. The van der Waals surface area contributed by atoms with Crippen LogP contribution in [0.15, 0.2) is 78.1 Å². The van der Waals surface area contributed by atoms with Gasteiger partial charge in [0.2, 0.25) is 18.0 Å². The van der Waals surface area contributed by atoms with Crippen molar-refractivity contribution in [3.05, 3.63) is 95.8 Å². The van der Waals surface area contributed by atoms with E-state index in [4.69, 9.17) is 26.2 Å². The fourth-order valence-electron chi connectivity index (χ4n) is 9.54. The first-order valence-corrected chi connectivity index (χ1v) is 21.8. The van der Waals surface area contributed by atoms with Gasteiger partial charge in [-0.2, -0.15) is 0 Å². The molecular weight excluding hydrogens is 772 g/mol. The molecular formula is C48H55FN8O4. The molecule has 0 bridgehead atoms. The number of H-pyrrole nitrogens is 1. The van der Waals surface area contributed by atoms with Crippen LogP contribution in [0.3, 0.4) is 0 Å². The zero-order valence-corrected chi connectivity index (χ0v) is 35.3. The molecule has 1 unspecified atom stereocenters. The van der Waals surface area contributed by atoms with Crippen LogP contribution in [0.1, 0.15) is 102 Å². The molecule has 0 radical (unpaired) electrons. The van der Waals surface area contributed by atoms with Crippen LogP contribution >= 0.6 is 0 Å². The number of fused-ring (bicyclic) bond motifs is 5. The van der Waals surface area contributed by atoms with Crippen molar-refractivity contribution in [2.75, 3.05) is 13.1 Å². The molecule has 4 aliphatic heterocycles. The number of carbonyl (C=O) groups is 2. The maximum atomic E-state index is 16.8. The Balaban J connectivity index is 1.06. The van der Waals surface area contributed by atoms with Crippen LogP contribution in [0.25, 0.3) is 39.0 Å². The van der Waals surface area contributed by atoms with Crippen molar-refractivity contribution in [2.45, 2.75) is 103 Å². The molecule has 318 valence electrons. The molecule has 2 amide bonds. The Bertz CT molecular complexity index is 2570. The van der Waals surface area contributed by atoms with Crippen molar-refractivity contribution in [2.24, 2.45) is 28.3 Å². The monoisotopic (exact) mass is 826 g/mol. The first-order valence-electron chi connectivity index (χ1n) is 21.8. The lowest BCUT2D eigenvalue weighted by atomic mass is 9.96. The third-order valence-corrected chi connectivity index (χ3v) is 13.1. The van der Waals surface area contributed by atoms with Crippen molar-refractivity contribution in [1.29, 1.82) is 0 Å². The second kappa shape index (κ2) is 16.2. The number of phenols is 1. The van der Waals surface area contributed by atoms with E-state index >= 15 is 4.39 Å². The number of hydrogen-bond acceptors (Lipinski definition) is 8. The zero-order chi connectivity index (χ0) is 42.7. The van der Waals surface area contributed by atoms with Gasteiger partial charge in [-0.25, -0.2) is 9.37 Å². The van der Waals surface area contributed by atoms with Gasteiger partial charge in [0.05, 0.1) is 52.8 Å². The van der Waals surface area contributed by atoms with Gasteiger partial charge in [-0.15, -0.1) is 0 Å². The molecule has 0 aliphatic carbocycles. The maximum absolute atomic E-state index is 16.8. The highest BCUT2D eigenvalue weighted by molar-refractivity contribution is 5.96. The number of benzene rings is 3. The smallest absolute Gasteiger partial charge is 0.240 e. The molecule has 12 nitrogen and oxygen atoms in total. The summed E-state index contributed by atoms with van der Waals surface area (Å²) in [7, 11) is 0. The molecule has 0 spiro atoms. The fourth-order valence-corrected chi connectivity index (χ4v) is 9.54. The van der Waals surface area contributed by atoms with Crippen LogP contribution in [0.5, 0.6) is 11.5 Å². The Morgan fingerprint density at radius 2 is 1.59 bits per heavy atom. The quantitative estimate of drug-likeness (QED) is 0.117. The molecule has 5 atom stereocenters. The van der Waals surface area contributed by atoms with Crippen molar-refractivity contribution in [1.82, 2.24) is 24.3 Å². The van der Waals surface area contributed by atoms with E-state index in [1.165, 1.54) is 0 Å². The van der Waals surface area contributed by atoms with Crippen LogP contribution in [-0.4, -0.2) is 78.2 Å². The first kappa shape index (κ1) is 40.6. The zero-order valence-electron chi connectivity index (χ0n) is 35.3. The summed E-state index contributed by atoms with van der Waals surface area (Å²) in [5.41, 5.74) is 19.4. The minimum atomic E-state index is -0.703. The van der Waals surface area contributed by atoms with E-state index < -0.39 is 24.1 Å². The number of amides is 2. The predicted octanol–water partition coefficient (Wildman–Crippen LogP) is 8.07. The predicted molar refractivity (Wildman–Crippen MR) is 235 cm³/mol. The molecule has 2 fully saturated rings. The van der Waals surface area contributed by atoms with Gasteiger partial charge in [0.1, 0.15) is 23.1 Å². The second-order valence-electron chi connectivity index (χ2n) is 17.8. The lowest BCUT2D eigenvalue weighted by Crippen LogP contribution is -2.50. The maximum Gasteiger partial charge on any atom is 0.240 e. The van der Waals surface area contributed by atoms with Crippen LogP contribution in [-0.2, 0) is 9.59 Å². The number of halogens is 1. The number of aromatic hydroxyl groups is 1. The molecule has 3 aromatic carbocycles. The number of carbonyl (C=O) groups excluding carboxylic acids is 2. The number of allylic oxidation sites excluding steroid dienone is 1. The third kappa shape index (κ3) is 7.41. The number of phenolic OH excluding ortho intramolecular Hbond substituents is 1. The highest BCUT2D eigenvalue weighted by Gasteiger charge is 2.38. The number of hydrogen-bond donors (Lipinski definition) is 4. The van der Waals surface area contributed by atoms with Gasteiger partial charge in [-0.3, -0.25) is 14.6 Å². The van der Waals surface area contributed by atoms with E-state index in [1.807, 2.05) is 78.6 Å². The summed E-state index contributed by atoms with van der Waals surface area (Å²) in [6, 6.07) is 17.1. The molecule has 13 heteroatoms. The molecule has 9 rings (SSSR count). The number of nitrogens with one attached hydrogen (secondary N) is 1. The number of likely N-dealkylation sites (tertiary alicyclic amines) is 2. The number of aromatic nitrogens is 3. The van der Waals surface area contributed by atoms with Gasteiger partial charge in [0, 0.05) is 41.5 Å². The molecule has 0 saturated carbocycles. The average molecular weight is 827 g/mol. The number of nitrogens with two attached hydrogens (primary N) is 2. The van der Waals surface area contributed by atoms with E-state index in [0.29, 0.717) is 47.6 Å². The summed E-state index contributed by atoms with van der Waals surface area (Å²) in [5.74, 6) is 0.804. The Kier molecular flexibility index (Phi) is 10.8. The van der Waals surface area contributed by atoms with Gasteiger partial charge in [0.25, 0.3) is 0 Å². The van der Waals surface area contributed by atoms with E-state index in [1.54, 1.807) is 30.5 Å². The summed E-state index contributed by atoms with van der Waals surface area (Å²) < 4.78 is 25.5. The minimum absolute atomic E-state index is 0.0269. The number of nitrogens with zero attached hydrogens (tertiary/aromatic N) is 5. The van der Waals surface area contributed by atoms with E-state index in [-0.39, 0.29) is 41.5 Å². The van der Waals surface area contributed by atoms with E-state index in [2.05, 4.69) is 11.1 Å².